The highest BCUT2D eigenvalue weighted by atomic mass is 19.1. The average Bonchev–Trinajstić information content (AvgIpc) is 3.13. The number of aromatic nitrogens is 2. The molecule has 0 aliphatic rings. The number of nitrogens with zero attached hydrogens (tertiary/aromatic N) is 2. The van der Waals surface area contributed by atoms with Crippen LogP contribution in [0.2, 0.25) is 0 Å². The summed E-state index contributed by atoms with van der Waals surface area (Å²) in [4.78, 5) is 36.2. The summed E-state index contributed by atoms with van der Waals surface area (Å²) in [6.45, 7) is 2.95. The van der Waals surface area contributed by atoms with Crippen molar-refractivity contribution in [3.63, 3.8) is 0 Å². The Labute approximate surface area is 177 Å². The number of esters is 1. The quantitative estimate of drug-likeness (QED) is 0.555. The van der Waals surface area contributed by atoms with Crippen LogP contribution in [-0.4, -0.2) is 28.3 Å². The highest BCUT2D eigenvalue weighted by molar-refractivity contribution is 5.94. The molecule has 1 heterocycles. The Balaban J connectivity index is 1.59. The van der Waals surface area contributed by atoms with Crippen molar-refractivity contribution < 1.29 is 23.1 Å². The van der Waals surface area contributed by atoms with E-state index >= 15 is 0 Å². The first-order valence-corrected chi connectivity index (χ1v) is 9.81. The molecule has 0 saturated carbocycles. The third-order valence-electron chi connectivity index (χ3n) is 4.60. The lowest BCUT2D eigenvalue weighted by Gasteiger charge is -2.14. The van der Waals surface area contributed by atoms with Gasteiger partial charge in [0, 0.05) is 11.3 Å². The summed E-state index contributed by atoms with van der Waals surface area (Å²) in [5, 5.41) is 6.70. The normalized spacial score (nSPS) is 10.7. The van der Waals surface area contributed by atoms with Crippen molar-refractivity contribution in [1.82, 2.24) is 9.78 Å². The number of hydrogen-bond acceptors (Lipinski definition) is 6. The second-order valence-electron chi connectivity index (χ2n) is 6.70. The third kappa shape index (κ3) is 5.44. The molecule has 0 bridgehead atoms. The molecule has 1 N–H and O–H groups in total. The first-order chi connectivity index (χ1) is 14.9. The summed E-state index contributed by atoms with van der Waals surface area (Å²) < 4.78 is 23.8. The molecule has 1 aromatic heterocycles. The summed E-state index contributed by atoms with van der Waals surface area (Å²) in [7, 11) is 0. The van der Waals surface area contributed by atoms with Gasteiger partial charge >= 0.3 is 11.7 Å². The molecule has 2 aromatic carbocycles. The summed E-state index contributed by atoms with van der Waals surface area (Å²) in [6, 6.07) is 11.0. The molecule has 8 nitrogen and oxygen atoms in total. The fraction of sp³-hybridized carbons (Fsp3) is 0.273. The van der Waals surface area contributed by atoms with Crippen LogP contribution in [0.15, 0.2) is 51.7 Å². The highest BCUT2D eigenvalue weighted by Gasteiger charge is 2.16. The lowest BCUT2D eigenvalue weighted by atomic mass is 10.0. The van der Waals surface area contributed by atoms with Crippen molar-refractivity contribution in [1.29, 1.82) is 0 Å². The number of ether oxygens (including phenoxy) is 1. The molecule has 0 aliphatic heterocycles. The van der Waals surface area contributed by atoms with Gasteiger partial charge in [-0.1, -0.05) is 32.0 Å². The molecule has 162 valence electrons. The number of anilines is 1. The Bertz CT molecular complexity index is 1110. The van der Waals surface area contributed by atoms with Gasteiger partial charge in [0.15, 0.2) is 6.61 Å². The lowest BCUT2D eigenvalue weighted by molar-refractivity contribution is -0.148. The van der Waals surface area contributed by atoms with E-state index < -0.39 is 36.6 Å². The maximum absolute atomic E-state index is 13.0. The molecule has 0 spiro atoms. The molecule has 0 fully saturated rings. The highest BCUT2D eigenvalue weighted by Crippen LogP contribution is 2.22. The van der Waals surface area contributed by atoms with Crippen molar-refractivity contribution >= 4 is 17.6 Å². The van der Waals surface area contributed by atoms with Gasteiger partial charge in [-0.2, -0.15) is 4.68 Å². The van der Waals surface area contributed by atoms with Crippen LogP contribution < -0.4 is 11.1 Å². The van der Waals surface area contributed by atoms with Gasteiger partial charge < -0.3 is 14.5 Å². The second kappa shape index (κ2) is 9.84. The SMILES string of the molecule is CCc1cccc(CC)c1NC(=O)COC(=O)Cn1nc(-c2ccc(F)cc2)oc1=O. The van der Waals surface area contributed by atoms with Crippen LogP contribution in [0.4, 0.5) is 10.1 Å². The molecular weight excluding hydrogens is 405 g/mol. The maximum Gasteiger partial charge on any atom is 0.437 e. The van der Waals surface area contributed by atoms with Crippen LogP contribution in [0.3, 0.4) is 0 Å². The molecule has 3 rings (SSSR count). The standard InChI is InChI=1S/C22H22FN3O5/c1-3-14-6-5-7-15(4-2)20(14)24-18(27)13-30-19(28)12-26-22(29)31-21(25-26)16-8-10-17(23)11-9-16/h5-11H,3-4,12-13H2,1-2H3,(H,24,27). The largest absolute Gasteiger partial charge is 0.454 e. The molecule has 0 atom stereocenters. The first-order valence-electron chi connectivity index (χ1n) is 9.81. The van der Waals surface area contributed by atoms with Crippen molar-refractivity contribution in [2.24, 2.45) is 0 Å². The van der Waals surface area contributed by atoms with E-state index in [0.29, 0.717) is 5.56 Å². The number of para-hydroxylation sites is 1. The number of carbonyl (C=O) groups is 2. The molecule has 0 unspecified atom stereocenters. The Morgan fingerprint density at radius 2 is 1.74 bits per heavy atom. The topological polar surface area (TPSA) is 103 Å². The number of aryl methyl sites for hydroxylation is 2. The van der Waals surface area contributed by atoms with Gasteiger partial charge in [0.1, 0.15) is 12.4 Å². The summed E-state index contributed by atoms with van der Waals surface area (Å²) in [6.07, 6.45) is 1.49. The zero-order valence-corrected chi connectivity index (χ0v) is 17.2. The van der Waals surface area contributed by atoms with Gasteiger partial charge in [0.2, 0.25) is 5.89 Å². The van der Waals surface area contributed by atoms with E-state index in [2.05, 4.69) is 10.4 Å². The molecule has 0 radical (unpaired) electrons. The van der Waals surface area contributed by atoms with Crippen LogP contribution in [0.5, 0.6) is 0 Å². The number of hydrogen-bond donors (Lipinski definition) is 1. The van der Waals surface area contributed by atoms with Crippen LogP contribution >= 0.6 is 0 Å². The van der Waals surface area contributed by atoms with E-state index in [0.717, 1.165) is 34.3 Å². The number of nitrogens with one attached hydrogen (secondary N) is 1. The Morgan fingerprint density at radius 1 is 1.10 bits per heavy atom. The predicted molar refractivity (Wildman–Crippen MR) is 111 cm³/mol. The fourth-order valence-electron chi connectivity index (χ4n) is 3.01. The minimum Gasteiger partial charge on any atom is -0.454 e. The molecular formula is C22H22FN3O5. The van der Waals surface area contributed by atoms with Crippen LogP contribution in [0.25, 0.3) is 11.5 Å². The Kier molecular flexibility index (Phi) is 6.96. The molecule has 1 amide bonds. The molecule has 3 aromatic rings. The van der Waals surface area contributed by atoms with Crippen molar-refractivity contribution in [2.45, 2.75) is 33.2 Å². The van der Waals surface area contributed by atoms with E-state index in [1.165, 1.54) is 24.3 Å². The van der Waals surface area contributed by atoms with Gasteiger partial charge in [-0.05, 0) is 48.2 Å². The smallest absolute Gasteiger partial charge is 0.437 e. The van der Waals surface area contributed by atoms with E-state index in [1.54, 1.807) is 0 Å². The minimum atomic E-state index is -0.870. The van der Waals surface area contributed by atoms with E-state index in [-0.39, 0.29) is 5.89 Å². The minimum absolute atomic E-state index is 0.0567. The zero-order chi connectivity index (χ0) is 22.4. The molecule has 0 aliphatic carbocycles. The first kappa shape index (κ1) is 21.9. The number of amides is 1. The van der Waals surface area contributed by atoms with Gasteiger partial charge in [-0.15, -0.1) is 5.10 Å². The number of rotatable bonds is 8. The Hall–Kier alpha value is -3.75. The summed E-state index contributed by atoms with van der Waals surface area (Å²) >= 11 is 0. The molecule has 0 saturated heterocycles. The van der Waals surface area contributed by atoms with E-state index in [9.17, 15) is 18.8 Å². The van der Waals surface area contributed by atoms with Crippen molar-refractivity contribution in [3.8, 4) is 11.5 Å². The van der Waals surface area contributed by atoms with Gasteiger partial charge in [0.25, 0.3) is 5.91 Å². The van der Waals surface area contributed by atoms with Crippen molar-refractivity contribution in [2.75, 3.05) is 11.9 Å². The lowest BCUT2D eigenvalue weighted by Crippen LogP contribution is -2.27. The average molecular weight is 427 g/mol. The van der Waals surface area contributed by atoms with Gasteiger partial charge in [-0.25, -0.2) is 9.18 Å². The molecule has 9 heteroatoms. The zero-order valence-electron chi connectivity index (χ0n) is 17.2. The van der Waals surface area contributed by atoms with E-state index in [4.69, 9.17) is 9.15 Å². The van der Waals surface area contributed by atoms with Crippen LogP contribution in [0.1, 0.15) is 25.0 Å². The monoisotopic (exact) mass is 427 g/mol. The van der Waals surface area contributed by atoms with Gasteiger partial charge in [-0.3, -0.25) is 9.59 Å². The maximum atomic E-state index is 13.0. The number of carbonyl (C=O) groups excluding carboxylic acids is 2. The van der Waals surface area contributed by atoms with E-state index in [1.807, 2.05) is 32.0 Å². The summed E-state index contributed by atoms with van der Waals surface area (Å²) in [5.41, 5.74) is 3.08. The second-order valence-corrected chi connectivity index (χ2v) is 6.70. The summed E-state index contributed by atoms with van der Waals surface area (Å²) in [5.74, 6) is -2.68. The molecule has 31 heavy (non-hydrogen) atoms. The third-order valence-corrected chi connectivity index (χ3v) is 4.60. The van der Waals surface area contributed by atoms with Crippen molar-refractivity contribution in [3.05, 3.63) is 70.0 Å². The number of benzene rings is 2. The predicted octanol–water partition coefficient (Wildman–Crippen LogP) is 2.95. The Morgan fingerprint density at radius 3 is 2.35 bits per heavy atom. The van der Waals surface area contributed by atoms with Gasteiger partial charge in [0.05, 0.1) is 0 Å². The fourth-order valence-corrected chi connectivity index (χ4v) is 3.01. The van der Waals surface area contributed by atoms with Crippen LogP contribution in [-0.2, 0) is 33.7 Å². The number of halogens is 1. The van der Waals surface area contributed by atoms with Crippen LogP contribution in [0, 0.1) is 5.82 Å².